The Morgan fingerprint density at radius 3 is 2.54 bits per heavy atom. The van der Waals surface area contributed by atoms with Crippen molar-refractivity contribution in [3.05, 3.63) is 60.4 Å². The number of rotatable bonds is 4. The SMILES string of the molecule is CCN1CC(C(=O)Nc2ccc(F)cc2)C2NN(c3ccccc3)C(=O)C2C1. The molecule has 6 nitrogen and oxygen atoms in total. The molecule has 2 aliphatic rings. The average molecular weight is 382 g/mol. The molecule has 3 unspecified atom stereocenters. The molecule has 0 radical (unpaired) electrons. The van der Waals surface area contributed by atoms with Crippen molar-refractivity contribution < 1.29 is 14.0 Å². The summed E-state index contributed by atoms with van der Waals surface area (Å²) in [6, 6.07) is 14.8. The van der Waals surface area contributed by atoms with Crippen LogP contribution in [0.3, 0.4) is 0 Å². The van der Waals surface area contributed by atoms with E-state index in [1.165, 1.54) is 24.3 Å². The van der Waals surface area contributed by atoms with E-state index in [0.29, 0.717) is 18.8 Å². The van der Waals surface area contributed by atoms with E-state index in [2.05, 4.69) is 15.6 Å². The van der Waals surface area contributed by atoms with Crippen molar-refractivity contribution >= 4 is 23.2 Å². The van der Waals surface area contributed by atoms with E-state index in [9.17, 15) is 14.0 Å². The molecule has 2 fully saturated rings. The lowest BCUT2D eigenvalue weighted by Gasteiger charge is -2.37. The van der Waals surface area contributed by atoms with Crippen molar-refractivity contribution in [2.45, 2.75) is 13.0 Å². The number of para-hydroxylation sites is 1. The molecule has 0 aliphatic carbocycles. The van der Waals surface area contributed by atoms with Crippen LogP contribution in [0.25, 0.3) is 0 Å². The first kappa shape index (κ1) is 18.6. The van der Waals surface area contributed by atoms with Gasteiger partial charge in [0.1, 0.15) is 5.82 Å². The molecule has 2 N–H and O–H groups in total. The van der Waals surface area contributed by atoms with Gasteiger partial charge in [-0.25, -0.2) is 14.8 Å². The average Bonchev–Trinajstić information content (AvgIpc) is 3.06. The molecule has 2 amide bonds. The van der Waals surface area contributed by atoms with Gasteiger partial charge in [0.15, 0.2) is 0 Å². The van der Waals surface area contributed by atoms with Crippen LogP contribution in [0.5, 0.6) is 0 Å². The Morgan fingerprint density at radius 2 is 1.86 bits per heavy atom. The Hall–Kier alpha value is -2.77. The monoisotopic (exact) mass is 382 g/mol. The van der Waals surface area contributed by atoms with Gasteiger partial charge >= 0.3 is 0 Å². The van der Waals surface area contributed by atoms with Crippen molar-refractivity contribution in [2.75, 3.05) is 30.0 Å². The van der Waals surface area contributed by atoms with E-state index in [1.807, 2.05) is 37.3 Å². The summed E-state index contributed by atoms with van der Waals surface area (Å²) in [5.74, 6) is -1.24. The van der Waals surface area contributed by atoms with E-state index >= 15 is 0 Å². The van der Waals surface area contributed by atoms with Gasteiger partial charge in [0.25, 0.3) is 0 Å². The number of amides is 2. The molecule has 0 saturated carbocycles. The van der Waals surface area contributed by atoms with Gasteiger partial charge in [0, 0.05) is 18.8 Å². The van der Waals surface area contributed by atoms with Crippen LogP contribution in [0, 0.1) is 17.7 Å². The predicted molar refractivity (Wildman–Crippen MR) is 105 cm³/mol. The number of carbonyl (C=O) groups excluding carboxylic acids is 2. The Bertz CT molecular complexity index is 858. The maximum atomic E-state index is 13.1. The first-order valence-electron chi connectivity index (χ1n) is 9.51. The zero-order valence-corrected chi connectivity index (χ0v) is 15.6. The number of piperidine rings is 1. The van der Waals surface area contributed by atoms with Gasteiger partial charge in [-0.1, -0.05) is 25.1 Å². The van der Waals surface area contributed by atoms with Crippen LogP contribution in [0.4, 0.5) is 15.8 Å². The van der Waals surface area contributed by atoms with Crippen LogP contribution in [0.15, 0.2) is 54.6 Å². The van der Waals surface area contributed by atoms with E-state index in [-0.39, 0.29) is 29.6 Å². The summed E-state index contributed by atoms with van der Waals surface area (Å²) >= 11 is 0. The second-order valence-electron chi connectivity index (χ2n) is 7.23. The highest BCUT2D eigenvalue weighted by Gasteiger charge is 2.50. The minimum Gasteiger partial charge on any atom is -0.326 e. The zero-order chi connectivity index (χ0) is 19.7. The standard InChI is InChI=1S/C21H23FN4O2/c1-2-25-12-17(20(27)23-15-10-8-14(22)9-11-15)19-18(13-25)21(28)26(24-19)16-6-4-3-5-7-16/h3-11,17-19,24H,2,12-13H2,1H3,(H,23,27). The summed E-state index contributed by atoms with van der Waals surface area (Å²) in [7, 11) is 0. The lowest BCUT2D eigenvalue weighted by Crippen LogP contribution is -2.55. The molecule has 4 rings (SSSR count). The van der Waals surface area contributed by atoms with Crippen molar-refractivity contribution in [1.29, 1.82) is 0 Å². The highest BCUT2D eigenvalue weighted by Crippen LogP contribution is 2.32. The fourth-order valence-electron chi connectivity index (χ4n) is 3.98. The summed E-state index contributed by atoms with van der Waals surface area (Å²) < 4.78 is 13.1. The summed E-state index contributed by atoms with van der Waals surface area (Å²) in [5, 5.41) is 4.43. The third kappa shape index (κ3) is 3.50. The second kappa shape index (κ2) is 7.69. The molecule has 3 atom stereocenters. The van der Waals surface area contributed by atoms with E-state index in [4.69, 9.17) is 0 Å². The van der Waals surface area contributed by atoms with Crippen LogP contribution in [-0.2, 0) is 9.59 Å². The summed E-state index contributed by atoms with van der Waals surface area (Å²) in [6.45, 7) is 3.98. The molecule has 7 heteroatoms. The van der Waals surface area contributed by atoms with Crippen molar-refractivity contribution in [3.8, 4) is 0 Å². The van der Waals surface area contributed by atoms with E-state index in [1.54, 1.807) is 5.01 Å². The molecule has 146 valence electrons. The van der Waals surface area contributed by atoms with E-state index < -0.39 is 5.92 Å². The number of likely N-dealkylation sites (tertiary alicyclic amines) is 1. The minimum absolute atomic E-state index is 0.0195. The molecule has 2 aromatic rings. The third-order valence-corrected chi connectivity index (χ3v) is 5.50. The highest BCUT2D eigenvalue weighted by molar-refractivity contribution is 5.99. The van der Waals surface area contributed by atoms with Crippen molar-refractivity contribution in [3.63, 3.8) is 0 Å². The molecule has 2 aromatic carbocycles. The lowest BCUT2D eigenvalue weighted by atomic mass is 9.84. The molecule has 2 aliphatic heterocycles. The first-order chi connectivity index (χ1) is 13.6. The fraction of sp³-hybridized carbons (Fsp3) is 0.333. The summed E-state index contributed by atoms with van der Waals surface area (Å²) in [4.78, 5) is 28.2. The molecule has 2 heterocycles. The van der Waals surface area contributed by atoms with Crippen LogP contribution in [0.2, 0.25) is 0 Å². The Morgan fingerprint density at radius 1 is 1.14 bits per heavy atom. The van der Waals surface area contributed by atoms with Crippen molar-refractivity contribution in [1.82, 2.24) is 10.3 Å². The number of halogens is 1. The molecule has 0 spiro atoms. The third-order valence-electron chi connectivity index (χ3n) is 5.50. The first-order valence-corrected chi connectivity index (χ1v) is 9.51. The minimum atomic E-state index is -0.401. The van der Waals surface area contributed by atoms with Gasteiger partial charge in [-0.15, -0.1) is 0 Å². The van der Waals surface area contributed by atoms with Gasteiger partial charge in [-0.3, -0.25) is 9.59 Å². The number of benzene rings is 2. The van der Waals surface area contributed by atoms with Crippen LogP contribution in [0.1, 0.15) is 6.92 Å². The second-order valence-corrected chi connectivity index (χ2v) is 7.23. The zero-order valence-electron chi connectivity index (χ0n) is 15.6. The molecule has 2 saturated heterocycles. The van der Waals surface area contributed by atoms with Gasteiger partial charge in [0.05, 0.1) is 23.6 Å². The predicted octanol–water partition coefficient (Wildman–Crippen LogP) is 2.25. The van der Waals surface area contributed by atoms with Crippen LogP contribution in [-0.4, -0.2) is 42.4 Å². The van der Waals surface area contributed by atoms with E-state index in [0.717, 1.165) is 12.2 Å². The van der Waals surface area contributed by atoms with Gasteiger partial charge in [-0.2, -0.15) is 0 Å². The molecule has 28 heavy (non-hydrogen) atoms. The quantitative estimate of drug-likeness (QED) is 0.851. The topological polar surface area (TPSA) is 64.7 Å². The number of carbonyl (C=O) groups is 2. The van der Waals surface area contributed by atoms with Crippen LogP contribution >= 0.6 is 0 Å². The number of anilines is 2. The fourth-order valence-corrected chi connectivity index (χ4v) is 3.98. The Balaban J connectivity index is 1.57. The number of hydrogen-bond donors (Lipinski definition) is 2. The number of nitrogens with one attached hydrogen (secondary N) is 2. The highest BCUT2D eigenvalue weighted by atomic mass is 19.1. The van der Waals surface area contributed by atoms with Gasteiger partial charge in [0.2, 0.25) is 11.8 Å². The molecular formula is C21H23FN4O2. The Labute approximate surface area is 163 Å². The normalized spacial score (nSPS) is 24.9. The maximum Gasteiger partial charge on any atom is 0.247 e. The molecule has 0 aromatic heterocycles. The largest absolute Gasteiger partial charge is 0.326 e. The summed E-state index contributed by atoms with van der Waals surface area (Å²) in [6.07, 6.45) is 0. The Kier molecular flexibility index (Phi) is 5.11. The molecular weight excluding hydrogens is 359 g/mol. The number of fused-ring (bicyclic) bond motifs is 1. The van der Waals surface area contributed by atoms with Crippen molar-refractivity contribution in [2.24, 2.45) is 11.8 Å². The lowest BCUT2D eigenvalue weighted by molar-refractivity contribution is -0.126. The van der Waals surface area contributed by atoms with Gasteiger partial charge < -0.3 is 10.2 Å². The van der Waals surface area contributed by atoms with Crippen LogP contribution < -0.4 is 15.8 Å². The number of hydrazine groups is 1. The van der Waals surface area contributed by atoms with Gasteiger partial charge in [-0.05, 0) is 42.9 Å². The maximum absolute atomic E-state index is 13.1. The summed E-state index contributed by atoms with van der Waals surface area (Å²) in [5.41, 5.74) is 4.57. The smallest absolute Gasteiger partial charge is 0.247 e. The molecule has 0 bridgehead atoms. The number of nitrogens with zero attached hydrogens (tertiary/aromatic N) is 2. The number of hydrogen-bond acceptors (Lipinski definition) is 4.